The van der Waals surface area contributed by atoms with Gasteiger partial charge in [0, 0.05) is 12.1 Å². The van der Waals surface area contributed by atoms with Crippen LogP contribution in [0.15, 0.2) is 18.2 Å². The largest absolute Gasteiger partial charge is 0.495 e. The summed E-state index contributed by atoms with van der Waals surface area (Å²) in [6, 6.07) is 8.06. The molecular formula is C15H20N2O. The van der Waals surface area contributed by atoms with Gasteiger partial charge in [0.05, 0.1) is 12.7 Å². The maximum absolute atomic E-state index is 9.09. The van der Waals surface area contributed by atoms with Crippen molar-refractivity contribution in [3.8, 4) is 11.8 Å². The first-order valence-corrected chi connectivity index (χ1v) is 6.39. The van der Waals surface area contributed by atoms with Gasteiger partial charge < -0.3 is 4.74 Å². The lowest BCUT2D eigenvalue weighted by atomic mass is 10.0. The molecule has 0 unspecified atom stereocenters. The smallest absolute Gasteiger partial charge is 0.136 e. The van der Waals surface area contributed by atoms with Crippen LogP contribution in [0.4, 0.5) is 0 Å². The summed E-state index contributed by atoms with van der Waals surface area (Å²) in [6.07, 6.45) is 2.50. The fourth-order valence-corrected chi connectivity index (χ4v) is 2.62. The van der Waals surface area contributed by atoms with E-state index >= 15 is 0 Å². The monoisotopic (exact) mass is 244 g/mol. The maximum Gasteiger partial charge on any atom is 0.136 e. The van der Waals surface area contributed by atoms with E-state index in [2.05, 4.69) is 24.8 Å². The molecule has 0 N–H and O–H groups in total. The van der Waals surface area contributed by atoms with E-state index in [0.29, 0.717) is 11.3 Å². The summed E-state index contributed by atoms with van der Waals surface area (Å²) in [5.74, 6) is 0.655. The van der Waals surface area contributed by atoms with Gasteiger partial charge in [-0.3, -0.25) is 4.90 Å². The summed E-state index contributed by atoms with van der Waals surface area (Å²) in [7, 11) is 1.60. The van der Waals surface area contributed by atoms with Gasteiger partial charge in [0.15, 0.2) is 0 Å². The number of hydrogen-bond acceptors (Lipinski definition) is 3. The topological polar surface area (TPSA) is 36.3 Å². The molecule has 1 aliphatic rings. The van der Waals surface area contributed by atoms with Crippen LogP contribution in [0.5, 0.6) is 5.75 Å². The summed E-state index contributed by atoms with van der Waals surface area (Å²) in [5, 5.41) is 9.09. The van der Waals surface area contributed by atoms with Crippen molar-refractivity contribution in [3.63, 3.8) is 0 Å². The van der Waals surface area contributed by atoms with Crippen LogP contribution in [0.2, 0.25) is 0 Å². The Kier molecular flexibility index (Phi) is 3.58. The zero-order valence-electron chi connectivity index (χ0n) is 11.4. The quantitative estimate of drug-likeness (QED) is 0.820. The minimum absolute atomic E-state index is 0.271. The van der Waals surface area contributed by atoms with Crippen molar-refractivity contribution in [3.05, 3.63) is 29.3 Å². The van der Waals surface area contributed by atoms with Crippen LogP contribution in [-0.2, 0) is 6.54 Å². The third-order valence-corrected chi connectivity index (χ3v) is 3.83. The van der Waals surface area contributed by atoms with Gasteiger partial charge in [-0.25, -0.2) is 0 Å². The highest BCUT2D eigenvalue weighted by Gasteiger charge is 2.31. The molecular weight excluding hydrogens is 224 g/mol. The molecule has 0 aliphatic carbocycles. The molecule has 0 radical (unpaired) electrons. The SMILES string of the molecule is COc1ccc(CN2CCCC2(C)C)cc1C#N. The Balaban J connectivity index is 2.18. The number of nitriles is 1. The van der Waals surface area contributed by atoms with Crippen LogP contribution >= 0.6 is 0 Å². The molecule has 2 rings (SSSR count). The van der Waals surface area contributed by atoms with E-state index in [0.717, 1.165) is 13.1 Å². The van der Waals surface area contributed by atoms with E-state index in [1.807, 2.05) is 18.2 Å². The Hall–Kier alpha value is -1.53. The first-order valence-electron chi connectivity index (χ1n) is 6.39. The molecule has 0 spiro atoms. The predicted octanol–water partition coefficient (Wildman–Crippen LogP) is 2.94. The maximum atomic E-state index is 9.09. The normalized spacial score (nSPS) is 18.6. The van der Waals surface area contributed by atoms with Crippen molar-refractivity contribution in [2.24, 2.45) is 0 Å². The van der Waals surface area contributed by atoms with Crippen LogP contribution in [0.3, 0.4) is 0 Å². The molecule has 1 aliphatic heterocycles. The van der Waals surface area contributed by atoms with E-state index < -0.39 is 0 Å². The highest BCUT2D eigenvalue weighted by molar-refractivity contribution is 5.45. The fourth-order valence-electron chi connectivity index (χ4n) is 2.62. The lowest BCUT2D eigenvalue weighted by Gasteiger charge is -2.31. The minimum Gasteiger partial charge on any atom is -0.495 e. The second kappa shape index (κ2) is 4.99. The van der Waals surface area contributed by atoms with Crippen LogP contribution in [0.1, 0.15) is 37.8 Å². The summed E-state index contributed by atoms with van der Waals surface area (Å²) < 4.78 is 5.17. The second-order valence-electron chi connectivity index (χ2n) is 5.48. The molecule has 96 valence electrons. The Morgan fingerprint density at radius 1 is 1.44 bits per heavy atom. The molecule has 3 nitrogen and oxygen atoms in total. The van der Waals surface area contributed by atoms with E-state index in [4.69, 9.17) is 10.00 Å². The molecule has 0 saturated carbocycles. The zero-order valence-corrected chi connectivity index (χ0v) is 11.4. The van der Waals surface area contributed by atoms with Crippen LogP contribution in [0, 0.1) is 11.3 Å². The molecule has 0 atom stereocenters. The van der Waals surface area contributed by atoms with Crippen molar-refractivity contribution >= 4 is 0 Å². The second-order valence-corrected chi connectivity index (χ2v) is 5.48. The van der Waals surface area contributed by atoms with Crippen molar-refractivity contribution in [1.82, 2.24) is 4.90 Å². The van der Waals surface area contributed by atoms with Gasteiger partial charge in [-0.2, -0.15) is 5.26 Å². The van der Waals surface area contributed by atoms with Crippen molar-refractivity contribution in [1.29, 1.82) is 5.26 Å². The molecule has 0 bridgehead atoms. The lowest BCUT2D eigenvalue weighted by Crippen LogP contribution is -2.37. The Morgan fingerprint density at radius 3 is 2.78 bits per heavy atom. The van der Waals surface area contributed by atoms with Crippen LogP contribution in [-0.4, -0.2) is 24.1 Å². The molecule has 1 heterocycles. The third kappa shape index (κ3) is 2.49. The third-order valence-electron chi connectivity index (χ3n) is 3.83. The van der Waals surface area contributed by atoms with Gasteiger partial charge >= 0.3 is 0 Å². The Bertz CT molecular complexity index is 474. The molecule has 0 amide bonds. The predicted molar refractivity (Wildman–Crippen MR) is 71.4 cm³/mol. The summed E-state index contributed by atoms with van der Waals surface area (Å²) in [4.78, 5) is 2.48. The number of hydrogen-bond donors (Lipinski definition) is 0. The first kappa shape index (κ1) is 12.9. The molecule has 3 heteroatoms. The van der Waals surface area contributed by atoms with E-state index in [1.165, 1.54) is 18.4 Å². The van der Waals surface area contributed by atoms with Crippen molar-refractivity contribution < 1.29 is 4.74 Å². The van der Waals surface area contributed by atoms with E-state index in [1.54, 1.807) is 7.11 Å². The minimum atomic E-state index is 0.271. The average Bonchev–Trinajstić information content (AvgIpc) is 2.68. The van der Waals surface area contributed by atoms with Crippen molar-refractivity contribution in [2.45, 2.75) is 38.8 Å². The average molecular weight is 244 g/mol. The number of rotatable bonds is 3. The number of methoxy groups -OCH3 is 1. The van der Waals surface area contributed by atoms with Gasteiger partial charge in [0.1, 0.15) is 11.8 Å². The van der Waals surface area contributed by atoms with Gasteiger partial charge in [-0.1, -0.05) is 6.07 Å². The number of ether oxygens (including phenoxy) is 1. The highest BCUT2D eigenvalue weighted by Crippen LogP contribution is 2.30. The molecule has 0 aromatic heterocycles. The van der Waals surface area contributed by atoms with Crippen molar-refractivity contribution in [2.75, 3.05) is 13.7 Å². The van der Waals surface area contributed by atoms with Gasteiger partial charge in [-0.15, -0.1) is 0 Å². The first-order chi connectivity index (χ1) is 8.56. The summed E-state index contributed by atoms with van der Waals surface area (Å²) >= 11 is 0. The van der Waals surface area contributed by atoms with E-state index in [9.17, 15) is 0 Å². The van der Waals surface area contributed by atoms with Gasteiger partial charge in [0.25, 0.3) is 0 Å². The Labute approximate surface area is 109 Å². The van der Waals surface area contributed by atoms with Gasteiger partial charge in [-0.05, 0) is 50.9 Å². The molecule has 1 fully saturated rings. The molecule has 1 aromatic rings. The Morgan fingerprint density at radius 2 is 2.22 bits per heavy atom. The summed E-state index contributed by atoms with van der Waals surface area (Å²) in [6.45, 7) is 6.62. The van der Waals surface area contributed by atoms with Crippen LogP contribution < -0.4 is 4.74 Å². The fraction of sp³-hybridized carbons (Fsp3) is 0.533. The zero-order chi connectivity index (χ0) is 13.2. The molecule has 1 aromatic carbocycles. The molecule has 18 heavy (non-hydrogen) atoms. The van der Waals surface area contributed by atoms with Gasteiger partial charge in [0.2, 0.25) is 0 Å². The number of benzene rings is 1. The van der Waals surface area contributed by atoms with Crippen LogP contribution in [0.25, 0.3) is 0 Å². The highest BCUT2D eigenvalue weighted by atomic mass is 16.5. The number of nitrogens with zero attached hydrogens (tertiary/aromatic N) is 2. The number of likely N-dealkylation sites (tertiary alicyclic amines) is 1. The van der Waals surface area contributed by atoms with E-state index in [-0.39, 0.29) is 5.54 Å². The summed E-state index contributed by atoms with van der Waals surface area (Å²) in [5.41, 5.74) is 2.07. The standard InChI is InChI=1S/C15H20N2O/c1-15(2)7-4-8-17(15)11-12-5-6-14(18-3)13(9-12)10-16/h5-6,9H,4,7-8,11H2,1-3H3. The lowest BCUT2D eigenvalue weighted by molar-refractivity contribution is 0.166. The molecule has 1 saturated heterocycles.